The van der Waals surface area contributed by atoms with Gasteiger partial charge in [0, 0.05) is 24.5 Å². The lowest BCUT2D eigenvalue weighted by Gasteiger charge is -2.28. The molecule has 0 radical (unpaired) electrons. The summed E-state index contributed by atoms with van der Waals surface area (Å²) in [6.07, 6.45) is 2.61. The molecule has 2 fully saturated rings. The second-order valence-corrected chi connectivity index (χ2v) is 5.77. The number of hydrogen-bond acceptors (Lipinski definition) is 4. The number of ether oxygens (including phenoxy) is 1. The lowest BCUT2D eigenvalue weighted by atomic mass is 10.2. The molecule has 0 atom stereocenters. The molecule has 0 bridgehead atoms. The highest BCUT2D eigenvalue weighted by molar-refractivity contribution is 5.92. The van der Waals surface area contributed by atoms with Crippen LogP contribution in [0.15, 0.2) is 24.3 Å². The molecular weight excluding hydrogens is 266 g/mol. The Bertz CT molecular complexity index is 465. The number of benzene rings is 1. The summed E-state index contributed by atoms with van der Waals surface area (Å²) in [5, 5.41) is 6.12. The molecule has 114 valence electrons. The first-order valence-corrected chi connectivity index (χ1v) is 7.74. The van der Waals surface area contributed by atoms with Crippen LogP contribution in [0.1, 0.15) is 12.8 Å². The van der Waals surface area contributed by atoms with Crippen molar-refractivity contribution in [1.82, 2.24) is 5.32 Å². The summed E-state index contributed by atoms with van der Waals surface area (Å²) >= 11 is 0. The van der Waals surface area contributed by atoms with Crippen molar-refractivity contribution in [3.8, 4) is 0 Å². The summed E-state index contributed by atoms with van der Waals surface area (Å²) in [5.41, 5.74) is 2.04. The van der Waals surface area contributed by atoms with E-state index in [9.17, 15) is 4.79 Å². The summed E-state index contributed by atoms with van der Waals surface area (Å²) in [5.74, 6) is 0.820. The average molecular weight is 289 g/mol. The molecule has 1 aromatic carbocycles. The van der Waals surface area contributed by atoms with Gasteiger partial charge >= 0.3 is 0 Å². The Hall–Kier alpha value is -1.59. The lowest BCUT2D eigenvalue weighted by Crippen LogP contribution is -2.36. The molecule has 0 unspecified atom stereocenters. The number of nitrogens with zero attached hydrogens (tertiary/aromatic N) is 1. The monoisotopic (exact) mass is 289 g/mol. The molecule has 1 aliphatic carbocycles. The Morgan fingerprint density at radius 2 is 1.90 bits per heavy atom. The molecule has 0 aromatic heterocycles. The van der Waals surface area contributed by atoms with Crippen molar-refractivity contribution in [1.29, 1.82) is 0 Å². The van der Waals surface area contributed by atoms with E-state index in [1.54, 1.807) is 0 Å². The third-order valence-corrected chi connectivity index (χ3v) is 3.94. The highest BCUT2D eigenvalue weighted by Gasteiger charge is 2.20. The van der Waals surface area contributed by atoms with Crippen LogP contribution in [-0.4, -0.2) is 45.3 Å². The second kappa shape index (κ2) is 6.91. The van der Waals surface area contributed by atoms with Crippen molar-refractivity contribution in [2.45, 2.75) is 12.8 Å². The molecule has 3 rings (SSSR count). The molecule has 2 aliphatic rings. The maximum Gasteiger partial charge on any atom is 0.238 e. The van der Waals surface area contributed by atoms with Crippen molar-refractivity contribution < 1.29 is 9.53 Å². The van der Waals surface area contributed by atoms with E-state index in [0.717, 1.165) is 44.5 Å². The SMILES string of the molecule is O=C(CNCC1CC1)Nc1ccc(N2CCOCC2)cc1. The van der Waals surface area contributed by atoms with Crippen molar-refractivity contribution in [3.05, 3.63) is 24.3 Å². The Balaban J connectivity index is 1.45. The number of amides is 1. The summed E-state index contributed by atoms with van der Waals surface area (Å²) in [7, 11) is 0. The van der Waals surface area contributed by atoms with Crippen LogP contribution in [0.25, 0.3) is 0 Å². The van der Waals surface area contributed by atoms with Gasteiger partial charge in [-0.25, -0.2) is 0 Å². The standard InChI is InChI=1S/C16H23N3O2/c20-16(12-17-11-13-1-2-13)18-14-3-5-15(6-4-14)19-7-9-21-10-8-19/h3-6,13,17H,1-2,7-12H2,(H,18,20). The molecule has 0 spiro atoms. The van der Waals surface area contributed by atoms with E-state index in [2.05, 4.69) is 27.7 Å². The van der Waals surface area contributed by atoms with Crippen LogP contribution in [-0.2, 0) is 9.53 Å². The maximum absolute atomic E-state index is 11.8. The Kier molecular flexibility index (Phi) is 4.72. The average Bonchev–Trinajstić information content (AvgIpc) is 3.33. The fourth-order valence-corrected chi connectivity index (χ4v) is 2.49. The molecule has 1 aliphatic heterocycles. The van der Waals surface area contributed by atoms with E-state index < -0.39 is 0 Å². The molecule has 1 aromatic rings. The van der Waals surface area contributed by atoms with Gasteiger partial charge in [0.1, 0.15) is 0 Å². The number of rotatable bonds is 6. The predicted molar refractivity (Wildman–Crippen MR) is 83.7 cm³/mol. The molecule has 2 N–H and O–H groups in total. The normalized spacial score (nSPS) is 18.6. The Morgan fingerprint density at radius 1 is 1.19 bits per heavy atom. The van der Waals surface area contributed by atoms with Gasteiger partial charge in [-0.1, -0.05) is 0 Å². The van der Waals surface area contributed by atoms with Crippen LogP contribution >= 0.6 is 0 Å². The van der Waals surface area contributed by atoms with Crippen LogP contribution in [0.3, 0.4) is 0 Å². The van der Waals surface area contributed by atoms with Gasteiger partial charge in [0.25, 0.3) is 0 Å². The number of hydrogen-bond donors (Lipinski definition) is 2. The van der Waals surface area contributed by atoms with Gasteiger partial charge in [0.15, 0.2) is 0 Å². The van der Waals surface area contributed by atoms with Crippen molar-refractivity contribution >= 4 is 17.3 Å². The molecule has 1 amide bonds. The molecule has 1 heterocycles. The first kappa shape index (κ1) is 14.4. The first-order chi connectivity index (χ1) is 10.3. The lowest BCUT2D eigenvalue weighted by molar-refractivity contribution is -0.115. The van der Waals surface area contributed by atoms with E-state index in [1.807, 2.05) is 12.1 Å². The number of nitrogens with one attached hydrogen (secondary N) is 2. The minimum atomic E-state index is 0.0229. The number of carbonyl (C=O) groups excluding carboxylic acids is 1. The number of anilines is 2. The Morgan fingerprint density at radius 3 is 2.57 bits per heavy atom. The van der Waals surface area contributed by atoms with Crippen LogP contribution < -0.4 is 15.5 Å². The van der Waals surface area contributed by atoms with E-state index in [-0.39, 0.29) is 5.91 Å². The number of carbonyl (C=O) groups is 1. The van der Waals surface area contributed by atoms with Crippen LogP contribution in [0, 0.1) is 5.92 Å². The fourth-order valence-electron chi connectivity index (χ4n) is 2.49. The highest BCUT2D eigenvalue weighted by atomic mass is 16.5. The Labute approximate surface area is 125 Å². The zero-order valence-corrected chi connectivity index (χ0v) is 12.3. The topological polar surface area (TPSA) is 53.6 Å². The van der Waals surface area contributed by atoms with Crippen molar-refractivity contribution in [3.63, 3.8) is 0 Å². The van der Waals surface area contributed by atoms with Crippen molar-refractivity contribution in [2.24, 2.45) is 5.92 Å². The van der Waals surface area contributed by atoms with Crippen molar-refractivity contribution in [2.75, 3.05) is 49.6 Å². The maximum atomic E-state index is 11.8. The van der Waals surface area contributed by atoms with Gasteiger partial charge < -0.3 is 20.3 Å². The quantitative estimate of drug-likeness (QED) is 0.832. The summed E-state index contributed by atoms with van der Waals surface area (Å²) in [6.45, 7) is 4.77. The third kappa shape index (κ3) is 4.44. The van der Waals surface area contributed by atoms with Gasteiger partial charge in [0.05, 0.1) is 19.8 Å². The van der Waals surface area contributed by atoms with Gasteiger partial charge in [-0.3, -0.25) is 4.79 Å². The van der Waals surface area contributed by atoms with Crippen LogP contribution in [0.4, 0.5) is 11.4 Å². The fraction of sp³-hybridized carbons (Fsp3) is 0.562. The highest BCUT2D eigenvalue weighted by Crippen LogP contribution is 2.27. The second-order valence-electron chi connectivity index (χ2n) is 5.77. The van der Waals surface area contributed by atoms with Crippen LogP contribution in [0.2, 0.25) is 0 Å². The largest absolute Gasteiger partial charge is 0.378 e. The van der Waals surface area contributed by atoms with E-state index in [0.29, 0.717) is 6.54 Å². The smallest absolute Gasteiger partial charge is 0.238 e. The predicted octanol–water partition coefficient (Wildman–Crippen LogP) is 1.46. The van der Waals surface area contributed by atoms with Crippen LogP contribution in [0.5, 0.6) is 0 Å². The zero-order chi connectivity index (χ0) is 14.5. The first-order valence-electron chi connectivity index (χ1n) is 7.74. The van der Waals surface area contributed by atoms with Gasteiger partial charge in [-0.05, 0) is 49.6 Å². The minimum absolute atomic E-state index is 0.0229. The molecule has 5 nitrogen and oxygen atoms in total. The molecular formula is C16H23N3O2. The minimum Gasteiger partial charge on any atom is -0.378 e. The van der Waals surface area contributed by atoms with E-state index in [1.165, 1.54) is 18.5 Å². The van der Waals surface area contributed by atoms with E-state index >= 15 is 0 Å². The summed E-state index contributed by atoms with van der Waals surface area (Å²) in [4.78, 5) is 14.1. The molecule has 1 saturated heterocycles. The molecule has 1 saturated carbocycles. The van der Waals surface area contributed by atoms with E-state index in [4.69, 9.17) is 4.74 Å². The molecule has 21 heavy (non-hydrogen) atoms. The number of morpholine rings is 1. The molecule has 5 heteroatoms. The van der Waals surface area contributed by atoms with Gasteiger partial charge in [0.2, 0.25) is 5.91 Å². The zero-order valence-electron chi connectivity index (χ0n) is 12.3. The van der Waals surface area contributed by atoms with Gasteiger partial charge in [-0.15, -0.1) is 0 Å². The van der Waals surface area contributed by atoms with Gasteiger partial charge in [-0.2, -0.15) is 0 Å². The summed E-state index contributed by atoms with van der Waals surface area (Å²) < 4.78 is 5.35. The third-order valence-electron chi connectivity index (χ3n) is 3.94. The summed E-state index contributed by atoms with van der Waals surface area (Å²) in [6, 6.07) is 8.03.